The van der Waals surface area contributed by atoms with Crippen LogP contribution in [0.5, 0.6) is 5.75 Å². The van der Waals surface area contributed by atoms with E-state index in [1.54, 1.807) is 6.08 Å². The summed E-state index contributed by atoms with van der Waals surface area (Å²) < 4.78 is 0. The van der Waals surface area contributed by atoms with E-state index in [0.717, 1.165) is 35.1 Å². The maximum Gasteiger partial charge on any atom is 0.121 e. The van der Waals surface area contributed by atoms with E-state index >= 15 is 0 Å². The number of hydrogen-bond acceptors (Lipinski definition) is 3. The predicted octanol–water partition coefficient (Wildman–Crippen LogP) is 4.44. The van der Waals surface area contributed by atoms with Crippen LogP contribution in [0.2, 0.25) is 0 Å². The highest BCUT2D eigenvalue weighted by Gasteiger charge is 2.12. The number of hydrogen-bond donors (Lipinski definition) is 3. The third-order valence-corrected chi connectivity index (χ3v) is 4.24. The van der Waals surface area contributed by atoms with Crippen LogP contribution in [0.15, 0.2) is 41.5 Å². The Labute approximate surface area is 145 Å². The summed E-state index contributed by atoms with van der Waals surface area (Å²) in [6, 6.07) is 3.94. The largest absolute Gasteiger partial charge is 0.507 e. The Morgan fingerprint density at radius 1 is 1.25 bits per heavy atom. The number of aromatic hydroxyl groups is 1. The maximum atomic E-state index is 10.3. The van der Waals surface area contributed by atoms with Crippen molar-refractivity contribution >= 4 is 6.08 Å². The van der Waals surface area contributed by atoms with Gasteiger partial charge in [0.25, 0.3) is 0 Å². The van der Waals surface area contributed by atoms with E-state index in [0.29, 0.717) is 17.7 Å². The average Bonchev–Trinajstić information content (AvgIpc) is 2.53. The topological polar surface area (TPSA) is 60.7 Å². The highest BCUT2D eigenvalue weighted by Crippen LogP contribution is 2.26. The number of aryl methyl sites for hydroxylation is 2. The molecule has 0 fully saturated rings. The van der Waals surface area contributed by atoms with E-state index < -0.39 is 6.10 Å². The summed E-state index contributed by atoms with van der Waals surface area (Å²) in [7, 11) is 0. The molecule has 0 heterocycles. The summed E-state index contributed by atoms with van der Waals surface area (Å²) in [5.74, 6) is 0.348. The third-order valence-electron chi connectivity index (χ3n) is 4.24. The first-order valence-electron chi connectivity index (χ1n) is 8.44. The fraction of sp³-hybridized carbons (Fsp3) is 0.429. The predicted molar refractivity (Wildman–Crippen MR) is 101 cm³/mol. The first kappa shape index (κ1) is 20.2. The second-order valence-corrected chi connectivity index (χ2v) is 6.34. The second-order valence-electron chi connectivity index (χ2n) is 6.34. The Morgan fingerprint density at radius 3 is 2.29 bits per heavy atom. The SMILES string of the molecule is C=C(C)/C(=C/CO)C(O)CC/C(=C/c1cc(C)c(O)c(C)c1)CC. The smallest absolute Gasteiger partial charge is 0.121 e. The number of rotatable bonds is 8. The van der Waals surface area contributed by atoms with Crippen LogP contribution in [0.25, 0.3) is 6.08 Å². The van der Waals surface area contributed by atoms with Gasteiger partial charge < -0.3 is 15.3 Å². The van der Waals surface area contributed by atoms with Gasteiger partial charge in [0.05, 0.1) is 12.7 Å². The molecule has 0 aromatic heterocycles. The van der Waals surface area contributed by atoms with Gasteiger partial charge in [-0.15, -0.1) is 0 Å². The monoisotopic (exact) mass is 330 g/mol. The Kier molecular flexibility index (Phi) is 7.96. The lowest BCUT2D eigenvalue weighted by Gasteiger charge is -2.16. The molecule has 1 atom stereocenters. The van der Waals surface area contributed by atoms with Gasteiger partial charge in [-0.2, -0.15) is 0 Å². The fourth-order valence-electron chi connectivity index (χ4n) is 2.83. The summed E-state index contributed by atoms with van der Waals surface area (Å²) in [6.07, 6.45) is 5.39. The van der Waals surface area contributed by atoms with E-state index in [9.17, 15) is 10.2 Å². The normalized spacial score (nSPS) is 13.9. The van der Waals surface area contributed by atoms with Crippen molar-refractivity contribution in [3.05, 3.63) is 58.2 Å². The minimum atomic E-state index is -0.618. The number of allylic oxidation sites excluding steroid dienone is 1. The molecule has 1 aromatic carbocycles. The lowest BCUT2D eigenvalue weighted by Crippen LogP contribution is -2.12. The summed E-state index contributed by atoms with van der Waals surface area (Å²) >= 11 is 0. The minimum Gasteiger partial charge on any atom is -0.507 e. The van der Waals surface area contributed by atoms with Crippen molar-refractivity contribution in [1.29, 1.82) is 0 Å². The van der Waals surface area contributed by atoms with Crippen LogP contribution in [0.3, 0.4) is 0 Å². The molecule has 0 bridgehead atoms. The van der Waals surface area contributed by atoms with Crippen LogP contribution in [0.4, 0.5) is 0 Å². The number of aliphatic hydroxyl groups is 2. The first-order valence-corrected chi connectivity index (χ1v) is 8.44. The molecular formula is C21H30O3. The van der Waals surface area contributed by atoms with Crippen molar-refractivity contribution in [1.82, 2.24) is 0 Å². The first-order chi connectivity index (χ1) is 11.3. The standard InChI is InChI=1S/C21H30O3/c1-6-17(7-8-20(23)19(9-10-22)14(2)3)13-18-11-15(4)21(24)16(5)12-18/h9,11-13,20,22-24H,2,6-8,10H2,1,3-5H3/b17-13+,19-9-. The molecule has 0 aliphatic heterocycles. The number of phenolic OH excluding ortho intramolecular Hbond substituents is 1. The van der Waals surface area contributed by atoms with Gasteiger partial charge in [-0.05, 0) is 74.4 Å². The Morgan fingerprint density at radius 2 is 1.83 bits per heavy atom. The molecule has 0 aliphatic carbocycles. The zero-order valence-electron chi connectivity index (χ0n) is 15.3. The summed E-state index contributed by atoms with van der Waals surface area (Å²) in [5, 5.41) is 29.3. The number of benzene rings is 1. The lowest BCUT2D eigenvalue weighted by atomic mass is 9.95. The van der Waals surface area contributed by atoms with Crippen LogP contribution >= 0.6 is 0 Å². The van der Waals surface area contributed by atoms with Crippen LogP contribution < -0.4 is 0 Å². The van der Waals surface area contributed by atoms with E-state index in [2.05, 4.69) is 19.6 Å². The molecule has 1 aromatic rings. The molecule has 0 aliphatic rings. The summed E-state index contributed by atoms with van der Waals surface area (Å²) in [5.41, 5.74) is 5.54. The molecule has 1 rings (SSSR count). The van der Waals surface area contributed by atoms with Gasteiger partial charge in [0, 0.05) is 0 Å². The molecule has 3 N–H and O–H groups in total. The molecule has 132 valence electrons. The second kappa shape index (κ2) is 9.45. The average molecular weight is 330 g/mol. The van der Waals surface area contributed by atoms with Crippen molar-refractivity contribution in [2.45, 2.75) is 53.1 Å². The molecule has 0 saturated carbocycles. The highest BCUT2D eigenvalue weighted by atomic mass is 16.3. The van der Waals surface area contributed by atoms with Crippen molar-refractivity contribution in [3.8, 4) is 5.75 Å². The van der Waals surface area contributed by atoms with Crippen molar-refractivity contribution in [2.24, 2.45) is 0 Å². The van der Waals surface area contributed by atoms with E-state index in [1.165, 1.54) is 5.57 Å². The van der Waals surface area contributed by atoms with E-state index in [4.69, 9.17) is 5.11 Å². The van der Waals surface area contributed by atoms with Gasteiger partial charge in [0.1, 0.15) is 5.75 Å². The molecule has 3 nitrogen and oxygen atoms in total. The Hall–Kier alpha value is -1.84. The van der Waals surface area contributed by atoms with Gasteiger partial charge in [0.2, 0.25) is 0 Å². The van der Waals surface area contributed by atoms with Crippen molar-refractivity contribution < 1.29 is 15.3 Å². The molecule has 24 heavy (non-hydrogen) atoms. The van der Waals surface area contributed by atoms with Crippen LogP contribution in [-0.4, -0.2) is 28.0 Å². The molecule has 1 unspecified atom stereocenters. The summed E-state index contributed by atoms with van der Waals surface area (Å²) in [6.45, 7) is 11.5. The number of aliphatic hydroxyl groups excluding tert-OH is 2. The molecule has 0 radical (unpaired) electrons. The molecule has 0 saturated heterocycles. The lowest BCUT2D eigenvalue weighted by molar-refractivity contribution is 0.201. The van der Waals surface area contributed by atoms with Crippen molar-refractivity contribution in [3.63, 3.8) is 0 Å². The zero-order chi connectivity index (χ0) is 18.3. The zero-order valence-corrected chi connectivity index (χ0v) is 15.3. The third kappa shape index (κ3) is 5.66. The van der Waals surface area contributed by atoms with Crippen LogP contribution in [0, 0.1) is 13.8 Å². The maximum absolute atomic E-state index is 10.3. The highest BCUT2D eigenvalue weighted by molar-refractivity contribution is 5.58. The van der Waals surface area contributed by atoms with Gasteiger partial charge in [0.15, 0.2) is 0 Å². The molecule has 3 heteroatoms. The minimum absolute atomic E-state index is 0.0954. The Balaban J connectivity index is 2.88. The van der Waals surface area contributed by atoms with Gasteiger partial charge in [-0.1, -0.05) is 36.8 Å². The van der Waals surface area contributed by atoms with Crippen LogP contribution in [-0.2, 0) is 0 Å². The van der Waals surface area contributed by atoms with E-state index in [1.807, 2.05) is 32.9 Å². The number of phenols is 1. The van der Waals surface area contributed by atoms with E-state index in [-0.39, 0.29) is 6.61 Å². The van der Waals surface area contributed by atoms with Gasteiger partial charge in [-0.25, -0.2) is 0 Å². The van der Waals surface area contributed by atoms with Gasteiger partial charge >= 0.3 is 0 Å². The molecular weight excluding hydrogens is 300 g/mol. The Bertz CT molecular complexity index is 615. The molecule has 0 spiro atoms. The quantitative estimate of drug-likeness (QED) is 0.618. The summed E-state index contributed by atoms with van der Waals surface area (Å²) in [4.78, 5) is 0. The molecule has 0 amide bonds. The fourth-order valence-corrected chi connectivity index (χ4v) is 2.83. The van der Waals surface area contributed by atoms with Crippen LogP contribution in [0.1, 0.15) is 49.8 Å². The van der Waals surface area contributed by atoms with Gasteiger partial charge in [-0.3, -0.25) is 0 Å². The van der Waals surface area contributed by atoms with Crippen molar-refractivity contribution in [2.75, 3.05) is 6.61 Å².